The second kappa shape index (κ2) is 11.0. The Labute approximate surface area is 172 Å². The van der Waals surface area contributed by atoms with Crippen molar-refractivity contribution in [3.63, 3.8) is 0 Å². The first-order valence-corrected chi connectivity index (χ1v) is 10.5. The van der Waals surface area contributed by atoms with E-state index >= 15 is 0 Å². The lowest BCUT2D eigenvalue weighted by atomic mass is 9.93. The number of amides is 2. The van der Waals surface area contributed by atoms with Crippen LogP contribution in [-0.4, -0.2) is 85.9 Å². The van der Waals surface area contributed by atoms with Gasteiger partial charge in [-0.05, 0) is 63.3 Å². The van der Waals surface area contributed by atoms with Gasteiger partial charge >= 0.3 is 0 Å². The molecule has 0 radical (unpaired) electrons. The van der Waals surface area contributed by atoms with Crippen LogP contribution < -0.4 is 5.32 Å². The largest absolute Gasteiger partial charge is 0.338 e. The summed E-state index contributed by atoms with van der Waals surface area (Å²) in [4.78, 5) is 31.8. The minimum Gasteiger partial charge on any atom is -0.338 e. The molecule has 27 heavy (non-hydrogen) atoms. The molecular formula is C19H31ClN4O2S. The molecule has 0 bridgehead atoms. The van der Waals surface area contributed by atoms with Crippen molar-refractivity contribution >= 4 is 35.6 Å². The van der Waals surface area contributed by atoms with Crippen LogP contribution in [0, 0.1) is 5.92 Å². The molecule has 6 nitrogen and oxygen atoms in total. The average Bonchev–Trinajstić information content (AvgIpc) is 3.22. The molecule has 2 amide bonds. The first-order valence-electron chi connectivity index (χ1n) is 9.65. The van der Waals surface area contributed by atoms with Crippen molar-refractivity contribution in [2.45, 2.75) is 19.3 Å². The number of piperazine rings is 1. The third kappa shape index (κ3) is 6.17. The lowest BCUT2D eigenvalue weighted by Gasteiger charge is -2.37. The summed E-state index contributed by atoms with van der Waals surface area (Å²) in [5.74, 6) is 1.10. The Hall–Kier alpha value is -1.15. The van der Waals surface area contributed by atoms with Crippen molar-refractivity contribution in [1.29, 1.82) is 0 Å². The zero-order valence-corrected chi connectivity index (χ0v) is 17.7. The van der Waals surface area contributed by atoms with Crippen molar-refractivity contribution in [1.82, 2.24) is 20.0 Å². The van der Waals surface area contributed by atoms with Gasteiger partial charge in [-0.2, -0.15) is 0 Å². The number of nitrogens with zero attached hydrogens (tertiary/aromatic N) is 3. The van der Waals surface area contributed by atoms with Gasteiger partial charge in [-0.3, -0.25) is 14.5 Å². The summed E-state index contributed by atoms with van der Waals surface area (Å²) in [6.45, 7) is 6.22. The van der Waals surface area contributed by atoms with E-state index < -0.39 is 0 Å². The maximum absolute atomic E-state index is 12.6. The normalized spacial score (nSPS) is 19.0. The molecule has 1 N–H and O–H groups in total. The predicted octanol–water partition coefficient (Wildman–Crippen LogP) is 1.78. The highest BCUT2D eigenvalue weighted by Crippen LogP contribution is 2.20. The molecule has 2 fully saturated rings. The van der Waals surface area contributed by atoms with Crippen LogP contribution in [-0.2, 0) is 4.79 Å². The zero-order chi connectivity index (χ0) is 18.4. The van der Waals surface area contributed by atoms with E-state index in [1.165, 1.54) is 30.6 Å². The zero-order valence-electron chi connectivity index (χ0n) is 16.1. The van der Waals surface area contributed by atoms with Crippen LogP contribution in [0.4, 0.5) is 0 Å². The van der Waals surface area contributed by atoms with E-state index in [0.717, 1.165) is 30.4 Å². The monoisotopic (exact) mass is 414 g/mol. The molecule has 2 aliphatic heterocycles. The summed E-state index contributed by atoms with van der Waals surface area (Å²) in [6, 6.07) is 3.77. The molecule has 3 rings (SSSR count). The highest BCUT2D eigenvalue weighted by Gasteiger charge is 2.27. The SMILES string of the molecule is CNCCC1CCN(CC(=O)N2CCN(C(=O)c3cccs3)CC2)CC1.Cl. The van der Waals surface area contributed by atoms with Gasteiger partial charge in [0.25, 0.3) is 5.91 Å². The first-order chi connectivity index (χ1) is 12.7. The fraction of sp³-hybridized carbons (Fsp3) is 0.684. The Morgan fingerprint density at radius 2 is 1.78 bits per heavy atom. The molecule has 0 aliphatic carbocycles. The third-order valence-electron chi connectivity index (χ3n) is 5.52. The van der Waals surface area contributed by atoms with Gasteiger partial charge in [-0.25, -0.2) is 0 Å². The topological polar surface area (TPSA) is 55.9 Å². The minimum absolute atomic E-state index is 0. The molecule has 0 saturated carbocycles. The fourth-order valence-electron chi connectivity index (χ4n) is 3.79. The number of likely N-dealkylation sites (tertiary alicyclic amines) is 1. The lowest BCUT2D eigenvalue weighted by molar-refractivity contribution is -0.134. The van der Waals surface area contributed by atoms with Gasteiger partial charge in [0.15, 0.2) is 0 Å². The molecule has 0 unspecified atom stereocenters. The maximum atomic E-state index is 12.6. The summed E-state index contributed by atoms with van der Waals surface area (Å²) in [5.41, 5.74) is 0. The summed E-state index contributed by atoms with van der Waals surface area (Å²) < 4.78 is 0. The van der Waals surface area contributed by atoms with Crippen LogP contribution in [0.15, 0.2) is 17.5 Å². The van der Waals surface area contributed by atoms with Crippen LogP contribution in [0.5, 0.6) is 0 Å². The Balaban J connectivity index is 0.00000261. The van der Waals surface area contributed by atoms with Gasteiger partial charge in [-0.15, -0.1) is 23.7 Å². The van der Waals surface area contributed by atoms with Crippen molar-refractivity contribution in [2.75, 3.05) is 59.4 Å². The Morgan fingerprint density at radius 1 is 1.11 bits per heavy atom. The number of thiophene rings is 1. The number of nitrogens with one attached hydrogen (secondary N) is 1. The number of hydrogen-bond donors (Lipinski definition) is 1. The molecule has 2 saturated heterocycles. The molecule has 2 aliphatic rings. The van der Waals surface area contributed by atoms with Crippen LogP contribution in [0.1, 0.15) is 28.9 Å². The lowest BCUT2D eigenvalue weighted by Crippen LogP contribution is -2.53. The first kappa shape index (κ1) is 22.1. The van der Waals surface area contributed by atoms with Gasteiger partial charge in [0.1, 0.15) is 0 Å². The molecule has 0 aromatic carbocycles. The standard InChI is InChI=1S/C19H30N4O2S.ClH/c1-20-7-4-16-5-8-21(9-6-16)15-18(24)22-10-12-23(13-11-22)19(25)17-3-2-14-26-17;/h2-3,14,16,20H,4-13,15H2,1H3;1H. The number of piperidine rings is 1. The number of carbonyl (C=O) groups is 2. The number of carbonyl (C=O) groups excluding carboxylic acids is 2. The summed E-state index contributed by atoms with van der Waals surface area (Å²) >= 11 is 1.48. The van der Waals surface area contributed by atoms with Gasteiger partial charge in [0, 0.05) is 26.2 Å². The molecule has 3 heterocycles. The molecule has 0 atom stereocenters. The van der Waals surface area contributed by atoms with E-state index in [9.17, 15) is 9.59 Å². The van der Waals surface area contributed by atoms with Crippen molar-refractivity contribution in [3.8, 4) is 0 Å². The van der Waals surface area contributed by atoms with Crippen LogP contribution in [0.3, 0.4) is 0 Å². The molecular weight excluding hydrogens is 384 g/mol. The van der Waals surface area contributed by atoms with Crippen LogP contribution in [0.25, 0.3) is 0 Å². The molecule has 0 spiro atoms. The Morgan fingerprint density at radius 3 is 2.37 bits per heavy atom. The summed E-state index contributed by atoms with van der Waals surface area (Å²) in [7, 11) is 2.00. The quantitative estimate of drug-likeness (QED) is 0.770. The Bertz CT molecular complexity index is 583. The molecule has 1 aromatic rings. The van der Waals surface area contributed by atoms with Gasteiger partial charge in [0.05, 0.1) is 11.4 Å². The molecule has 8 heteroatoms. The number of rotatable bonds is 6. The second-order valence-corrected chi connectivity index (χ2v) is 8.21. The maximum Gasteiger partial charge on any atom is 0.264 e. The van der Waals surface area contributed by atoms with Crippen LogP contribution in [0.2, 0.25) is 0 Å². The highest BCUT2D eigenvalue weighted by atomic mass is 35.5. The van der Waals surface area contributed by atoms with E-state index in [2.05, 4.69) is 10.2 Å². The molecule has 1 aromatic heterocycles. The van der Waals surface area contributed by atoms with Gasteiger partial charge in [0.2, 0.25) is 5.91 Å². The highest BCUT2D eigenvalue weighted by molar-refractivity contribution is 7.12. The van der Waals surface area contributed by atoms with E-state index in [0.29, 0.717) is 32.7 Å². The van der Waals surface area contributed by atoms with Crippen molar-refractivity contribution in [3.05, 3.63) is 22.4 Å². The summed E-state index contributed by atoms with van der Waals surface area (Å²) in [5, 5.41) is 5.15. The van der Waals surface area contributed by atoms with Crippen molar-refractivity contribution in [2.24, 2.45) is 5.92 Å². The molecule has 152 valence electrons. The number of hydrogen-bond acceptors (Lipinski definition) is 5. The summed E-state index contributed by atoms with van der Waals surface area (Å²) in [6.07, 6.45) is 3.62. The van der Waals surface area contributed by atoms with Crippen LogP contribution >= 0.6 is 23.7 Å². The smallest absolute Gasteiger partial charge is 0.264 e. The van der Waals surface area contributed by atoms with Gasteiger partial charge in [-0.1, -0.05) is 6.07 Å². The third-order valence-corrected chi connectivity index (χ3v) is 6.38. The van der Waals surface area contributed by atoms with Gasteiger partial charge < -0.3 is 15.1 Å². The number of halogens is 1. The minimum atomic E-state index is 0. The second-order valence-electron chi connectivity index (χ2n) is 7.26. The van der Waals surface area contributed by atoms with E-state index in [4.69, 9.17) is 0 Å². The Kier molecular flexibility index (Phi) is 9.02. The van der Waals surface area contributed by atoms with Crippen molar-refractivity contribution < 1.29 is 9.59 Å². The van der Waals surface area contributed by atoms with E-state index in [-0.39, 0.29) is 24.2 Å². The average molecular weight is 415 g/mol. The fourth-order valence-corrected chi connectivity index (χ4v) is 4.48. The predicted molar refractivity (Wildman–Crippen MR) is 112 cm³/mol. The van der Waals surface area contributed by atoms with E-state index in [1.807, 2.05) is 34.4 Å². The van der Waals surface area contributed by atoms with E-state index in [1.54, 1.807) is 0 Å².